The van der Waals surface area contributed by atoms with Crippen LogP contribution in [-0.4, -0.2) is 81.1 Å². The van der Waals surface area contributed by atoms with Gasteiger partial charge in [-0.2, -0.15) is 4.72 Å². The van der Waals surface area contributed by atoms with Crippen LogP contribution in [0, 0.1) is 5.92 Å². The average Bonchev–Trinajstić information content (AvgIpc) is 2.90. The molecule has 1 atom stereocenters. The average molecular weight is 505 g/mol. The molecule has 0 spiro atoms. The predicted molar refractivity (Wildman–Crippen MR) is 131 cm³/mol. The molecule has 0 bridgehead atoms. The van der Waals surface area contributed by atoms with Crippen LogP contribution in [0.4, 0.5) is 0 Å². The van der Waals surface area contributed by atoms with Gasteiger partial charge in [0.15, 0.2) is 5.54 Å². The summed E-state index contributed by atoms with van der Waals surface area (Å²) in [5.41, 5.74) is -1.80. The number of benzene rings is 1. The topological polar surface area (TPSA) is 108 Å². The molecule has 2 heterocycles. The zero-order valence-corrected chi connectivity index (χ0v) is 21.0. The minimum atomic E-state index is -4.09. The minimum Gasteiger partial charge on any atom is -0.366 e. The molecule has 10 heteroatoms. The summed E-state index contributed by atoms with van der Waals surface area (Å²) in [4.78, 5) is 33.6. The lowest BCUT2D eigenvalue weighted by Gasteiger charge is -2.42. The van der Waals surface area contributed by atoms with Crippen molar-refractivity contribution >= 4 is 21.9 Å². The molecule has 0 amide bonds. The second-order valence-electron chi connectivity index (χ2n) is 9.71. The van der Waals surface area contributed by atoms with Gasteiger partial charge >= 0.3 is 5.97 Å². The van der Waals surface area contributed by atoms with E-state index in [-0.39, 0.29) is 10.8 Å². The van der Waals surface area contributed by atoms with Gasteiger partial charge in [-0.3, -0.25) is 4.90 Å². The van der Waals surface area contributed by atoms with Crippen molar-refractivity contribution in [1.82, 2.24) is 20.0 Å². The van der Waals surface area contributed by atoms with Crippen molar-refractivity contribution in [3.8, 4) is 0 Å². The van der Waals surface area contributed by atoms with Crippen molar-refractivity contribution < 1.29 is 22.8 Å². The molecule has 1 aromatic carbocycles. The van der Waals surface area contributed by atoms with Crippen molar-refractivity contribution in [2.75, 3.05) is 39.3 Å². The Balaban J connectivity index is 1.52. The van der Waals surface area contributed by atoms with Crippen LogP contribution in [0.2, 0.25) is 0 Å². The molecule has 1 saturated carbocycles. The standard InChI is InChI=1S/C25H36N4O5S/c30-20-13-25(21-7-3-1-4-8-21,27-35(32,33)23-9-5-2-6-10-23)24(31)34-29-18-16-28(17-19-29)22-11-14-26-15-12-22/h2,5-6,9-10,13,21-22,26-27H,1,3-4,7-8,11-12,14-19H2. The van der Waals surface area contributed by atoms with E-state index in [1.54, 1.807) is 29.2 Å². The van der Waals surface area contributed by atoms with E-state index in [0.717, 1.165) is 64.4 Å². The largest absolute Gasteiger partial charge is 0.366 e. The first-order valence-corrected chi connectivity index (χ1v) is 14.2. The second-order valence-corrected chi connectivity index (χ2v) is 11.4. The number of rotatable bonds is 8. The third kappa shape index (κ3) is 6.20. The van der Waals surface area contributed by atoms with Crippen molar-refractivity contribution in [3.63, 3.8) is 0 Å². The number of carbonyl (C=O) groups excluding carboxylic acids is 2. The minimum absolute atomic E-state index is 0.0304. The monoisotopic (exact) mass is 504 g/mol. The van der Waals surface area contributed by atoms with Crippen molar-refractivity contribution in [2.24, 2.45) is 5.92 Å². The van der Waals surface area contributed by atoms with Crippen LogP contribution in [0.5, 0.6) is 0 Å². The van der Waals surface area contributed by atoms with E-state index in [1.165, 1.54) is 12.1 Å². The zero-order chi connectivity index (χ0) is 24.7. The molecule has 192 valence electrons. The third-order valence-corrected chi connectivity index (χ3v) is 9.04. The van der Waals surface area contributed by atoms with Gasteiger partial charge in [0.05, 0.1) is 4.90 Å². The first kappa shape index (κ1) is 26.0. The summed E-state index contributed by atoms with van der Waals surface area (Å²) in [6, 6.07) is 8.41. The molecule has 9 nitrogen and oxygen atoms in total. The Hall–Kier alpha value is -2.07. The van der Waals surface area contributed by atoms with Gasteiger partial charge in [-0.05, 0) is 56.8 Å². The molecule has 1 unspecified atom stereocenters. The maximum absolute atomic E-state index is 13.7. The summed E-state index contributed by atoms with van der Waals surface area (Å²) >= 11 is 0. The molecule has 2 saturated heterocycles. The number of nitrogens with zero attached hydrogens (tertiary/aromatic N) is 2. The Bertz CT molecular complexity index is 994. The van der Waals surface area contributed by atoms with E-state index >= 15 is 0 Å². The fraction of sp³-hybridized carbons (Fsp3) is 0.640. The molecule has 2 aliphatic heterocycles. The number of piperidine rings is 1. The van der Waals surface area contributed by atoms with Crippen LogP contribution in [0.3, 0.4) is 0 Å². The van der Waals surface area contributed by atoms with E-state index < -0.39 is 21.5 Å². The van der Waals surface area contributed by atoms with E-state index in [2.05, 4.69) is 14.9 Å². The predicted octanol–water partition coefficient (Wildman–Crippen LogP) is 1.50. The van der Waals surface area contributed by atoms with E-state index in [4.69, 9.17) is 4.84 Å². The smallest absolute Gasteiger partial charge is 0.351 e. The highest BCUT2D eigenvalue weighted by molar-refractivity contribution is 7.89. The van der Waals surface area contributed by atoms with E-state index in [9.17, 15) is 18.0 Å². The maximum atomic E-state index is 13.7. The summed E-state index contributed by atoms with van der Waals surface area (Å²) in [5.74, 6) is 0.562. The Morgan fingerprint density at radius 1 is 1.03 bits per heavy atom. The number of carbonyl (C=O) groups is 1. The number of nitrogens with one attached hydrogen (secondary N) is 2. The number of sulfonamides is 1. The molecule has 4 rings (SSSR count). The number of hydroxylamine groups is 2. The maximum Gasteiger partial charge on any atom is 0.351 e. The number of piperazine rings is 1. The SMILES string of the molecule is O=C=CC(NS(=O)(=O)c1ccccc1)(C(=O)ON1CCN(C2CCNCC2)CC1)C1CCCCC1. The molecular weight excluding hydrogens is 468 g/mol. The lowest BCUT2D eigenvalue weighted by atomic mass is 9.75. The van der Waals surface area contributed by atoms with E-state index in [1.807, 2.05) is 0 Å². The first-order valence-electron chi connectivity index (χ1n) is 12.7. The fourth-order valence-corrected chi connectivity index (χ4v) is 6.94. The molecule has 3 aliphatic rings. The van der Waals surface area contributed by atoms with Crippen molar-refractivity contribution in [3.05, 3.63) is 36.4 Å². The lowest BCUT2D eigenvalue weighted by molar-refractivity contribution is -0.206. The Morgan fingerprint density at radius 3 is 2.31 bits per heavy atom. The molecule has 1 aromatic rings. The Labute approximate surface area is 207 Å². The summed E-state index contributed by atoms with van der Waals surface area (Å²) in [5, 5.41) is 4.99. The van der Waals surface area contributed by atoms with Crippen LogP contribution in [0.1, 0.15) is 44.9 Å². The van der Waals surface area contributed by atoms with Gasteiger partial charge in [-0.25, -0.2) is 18.0 Å². The highest BCUT2D eigenvalue weighted by atomic mass is 32.2. The molecule has 0 aromatic heterocycles. The Morgan fingerprint density at radius 2 is 1.69 bits per heavy atom. The zero-order valence-electron chi connectivity index (χ0n) is 20.2. The lowest BCUT2D eigenvalue weighted by Crippen LogP contribution is -2.61. The van der Waals surface area contributed by atoms with Gasteiger partial charge in [0, 0.05) is 38.3 Å². The van der Waals surface area contributed by atoms with Gasteiger partial charge in [0.2, 0.25) is 10.0 Å². The summed E-state index contributed by atoms with van der Waals surface area (Å²) in [6.45, 7) is 4.65. The summed E-state index contributed by atoms with van der Waals surface area (Å²) in [6.07, 6.45) is 7.20. The fourth-order valence-electron chi connectivity index (χ4n) is 5.55. The van der Waals surface area contributed by atoms with Gasteiger partial charge < -0.3 is 10.2 Å². The normalized spacial score (nSPS) is 23.2. The number of hydrogen-bond donors (Lipinski definition) is 2. The first-order chi connectivity index (χ1) is 16.9. The molecule has 0 radical (unpaired) electrons. The molecule has 35 heavy (non-hydrogen) atoms. The molecular formula is C25H36N4O5S. The van der Waals surface area contributed by atoms with Gasteiger partial charge in [0.25, 0.3) is 0 Å². The van der Waals surface area contributed by atoms with Gasteiger partial charge in [-0.15, -0.1) is 5.06 Å². The summed E-state index contributed by atoms with van der Waals surface area (Å²) < 4.78 is 29.2. The van der Waals surface area contributed by atoms with Gasteiger partial charge in [0.1, 0.15) is 5.94 Å². The highest BCUT2D eigenvalue weighted by Gasteiger charge is 2.50. The van der Waals surface area contributed by atoms with Crippen LogP contribution in [0.15, 0.2) is 41.3 Å². The van der Waals surface area contributed by atoms with Crippen LogP contribution in [-0.2, 0) is 24.4 Å². The van der Waals surface area contributed by atoms with Crippen molar-refractivity contribution in [2.45, 2.75) is 61.4 Å². The molecule has 2 N–H and O–H groups in total. The highest BCUT2D eigenvalue weighted by Crippen LogP contribution is 2.36. The molecule has 3 fully saturated rings. The van der Waals surface area contributed by atoms with E-state index in [0.29, 0.717) is 32.0 Å². The number of hydrogen-bond acceptors (Lipinski definition) is 8. The van der Waals surface area contributed by atoms with Crippen LogP contribution < -0.4 is 10.0 Å². The van der Waals surface area contributed by atoms with Crippen molar-refractivity contribution in [1.29, 1.82) is 0 Å². The van der Waals surface area contributed by atoms with Crippen LogP contribution in [0.25, 0.3) is 0 Å². The van der Waals surface area contributed by atoms with Gasteiger partial charge in [-0.1, -0.05) is 37.5 Å². The third-order valence-electron chi connectivity index (χ3n) is 7.54. The quantitative estimate of drug-likeness (QED) is 0.513. The molecule has 1 aliphatic carbocycles. The van der Waals surface area contributed by atoms with Crippen LogP contribution >= 0.6 is 0 Å². The second kappa shape index (κ2) is 11.8. The Kier molecular flexibility index (Phi) is 8.75. The summed E-state index contributed by atoms with van der Waals surface area (Å²) in [7, 11) is -4.09.